The molecule has 1 unspecified atom stereocenters. The summed E-state index contributed by atoms with van der Waals surface area (Å²) in [5.74, 6) is -2.94. The number of hydrogen-bond acceptors (Lipinski definition) is 3. The van der Waals surface area contributed by atoms with Crippen LogP contribution in [-0.4, -0.2) is 29.4 Å². The standard InChI is InChI=1S/C20H21FN2O4/c1-12-4-5-14(10-13(12)2)18(25)22-11-17(24)23-20(3,19(26)27)15-6-8-16(21)9-7-15/h4-10H,11H2,1-3H3,(H,22,25)(H,23,24)(H,26,27). The number of rotatable bonds is 6. The number of aliphatic carboxylic acids is 1. The van der Waals surface area contributed by atoms with Gasteiger partial charge in [0.25, 0.3) is 5.91 Å². The Balaban J connectivity index is 2.05. The summed E-state index contributed by atoms with van der Waals surface area (Å²) in [5, 5.41) is 14.4. The van der Waals surface area contributed by atoms with Crippen molar-refractivity contribution in [2.24, 2.45) is 0 Å². The zero-order chi connectivity index (χ0) is 20.2. The van der Waals surface area contributed by atoms with Gasteiger partial charge in [0.15, 0.2) is 5.54 Å². The van der Waals surface area contributed by atoms with E-state index in [1.165, 1.54) is 19.1 Å². The number of carbonyl (C=O) groups is 3. The van der Waals surface area contributed by atoms with Crippen LogP contribution in [0.5, 0.6) is 0 Å². The lowest BCUT2D eigenvalue weighted by molar-refractivity contribution is -0.147. The van der Waals surface area contributed by atoms with E-state index in [0.717, 1.165) is 23.3 Å². The average Bonchev–Trinajstić information content (AvgIpc) is 2.62. The Hall–Kier alpha value is -3.22. The number of carbonyl (C=O) groups excluding carboxylic acids is 2. The van der Waals surface area contributed by atoms with Crippen LogP contribution < -0.4 is 10.6 Å². The van der Waals surface area contributed by atoms with Crippen molar-refractivity contribution in [1.82, 2.24) is 10.6 Å². The van der Waals surface area contributed by atoms with Crippen LogP contribution in [0.25, 0.3) is 0 Å². The van der Waals surface area contributed by atoms with E-state index in [1.807, 2.05) is 13.8 Å². The van der Waals surface area contributed by atoms with E-state index in [0.29, 0.717) is 5.56 Å². The molecule has 0 heterocycles. The van der Waals surface area contributed by atoms with Crippen molar-refractivity contribution in [3.05, 3.63) is 70.5 Å². The summed E-state index contributed by atoms with van der Waals surface area (Å²) in [6.45, 7) is 4.70. The van der Waals surface area contributed by atoms with Crippen LogP contribution in [0.3, 0.4) is 0 Å². The Morgan fingerprint density at radius 2 is 1.67 bits per heavy atom. The van der Waals surface area contributed by atoms with Crippen LogP contribution in [-0.2, 0) is 15.1 Å². The normalized spacial score (nSPS) is 12.7. The number of nitrogens with one attached hydrogen (secondary N) is 2. The monoisotopic (exact) mass is 372 g/mol. The number of hydrogen-bond donors (Lipinski definition) is 3. The number of aryl methyl sites for hydroxylation is 2. The second kappa shape index (κ2) is 7.99. The first-order valence-electron chi connectivity index (χ1n) is 8.29. The van der Waals surface area contributed by atoms with Gasteiger partial charge in [0.05, 0.1) is 6.54 Å². The summed E-state index contributed by atoms with van der Waals surface area (Å²) >= 11 is 0. The third kappa shape index (κ3) is 4.69. The molecule has 7 heteroatoms. The number of amides is 2. The maximum atomic E-state index is 13.1. The second-order valence-electron chi connectivity index (χ2n) is 6.47. The fraction of sp³-hybridized carbons (Fsp3) is 0.250. The second-order valence-corrected chi connectivity index (χ2v) is 6.47. The lowest BCUT2D eigenvalue weighted by Gasteiger charge is -2.27. The SMILES string of the molecule is Cc1ccc(C(=O)NCC(=O)NC(C)(C(=O)O)c2ccc(F)cc2)cc1C. The first-order chi connectivity index (χ1) is 12.6. The van der Waals surface area contributed by atoms with E-state index < -0.39 is 35.7 Å². The molecule has 6 nitrogen and oxygen atoms in total. The lowest BCUT2D eigenvalue weighted by Crippen LogP contribution is -2.52. The van der Waals surface area contributed by atoms with Crippen molar-refractivity contribution in [3.63, 3.8) is 0 Å². The highest BCUT2D eigenvalue weighted by molar-refractivity contribution is 5.97. The average molecular weight is 372 g/mol. The van der Waals surface area contributed by atoms with Crippen LogP contribution in [0, 0.1) is 19.7 Å². The van der Waals surface area contributed by atoms with Crippen molar-refractivity contribution in [2.75, 3.05) is 6.54 Å². The van der Waals surface area contributed by atoms with E-state index in [9.17, 15) is 23.9 Å². The maximum absolute atomic E-state index is 13.1. The predicted octanol–water partition coefficient (Wildman–Crippen LogP) is 2.29. The van der Waals surface area contributed by atoms with Gasteiger partial charge in [-0.15, -0.1) is 0 Å². The van der Waals surface area contributed by atoms with Gasteiger partial charge >= 0.3 is 5.97 Å². The first-order valence-corrected chi connectivity index (χ1v) is 8.29. The van der Waals surface area contributed by atoms with Crippen LogP contribution in [0.15, 0.2) is 42.5 Å². The Bertz CT molecular complexity index is 880. The Morgan fingerprint density at radius 3 is 2.22 bits per heavy atom. The molecule has 27 heavy (non-hydrogen) atoms. The highest BCUT2D eigenvalue weighted by atomic mass is 19.1. The summed E-state index contributed by atoms with van der Waals surface area (Å²) in [6, 6.07) is 9.97. The maximum Gasteiger partial charge on any atom is 0.333 e. The van der Waals surface area contributed by atoms with Crippen molar-refractivity contribution < 1.29 is 23.9 Å². The molecular weight excluding hydrogens is 351 g/mol. The molecule has 0 aliphatic carbocycles. The Morgan fingerprint density at radius 1 is 1.04 bits per heavy atom. The number of benzene rings is 2. The van der Waals surface area contributed by atoms with Crippen LogP contribution in [0.2, 0.25) is 0 Å². The molecule has 2 amide bonds. The summed E-state index contributed by atoms with van der Waals surface area (Å²) in [4.78, 5) is 36.0. The molecule has 2 aromatic carbocycles. The molecule has 0 radical (unpaired) electrons. The minimum Gasteiger partial charge on any atom is -0.479 e. The zero-order valence-electron chi connectivity index (χ0n) is 15.3. The molecule has 0 aliphatic heterocycles. The number of halogens is 1. The number of carboxylic acids is 1. The minimum absolute atomic E-state index is 0.213. The molecule has 0 saturated heterocycles. The van der Waals surface area contributed by atoms with Crippen molar-refractivity contribution in [2.45, 2.75) is 26.3 Å². The highest BCUT2D eigenvalue weighted by Gasteiger charge is 2.36. The summed E-state index contributed by atoms with van der Waals surface area (Å²) in [6.07, 6.45) is 0. The number of carboxylic acid groups (broad SMARTS) is 1. The Labute approximate surface area is 156 Å². The van der Waals surface area contributed by atoms with Gasteiger partial charge in [0.2, 0.25) is 5.91 Å². The highest BCUT2D eigenvalue weighted by Crippen LogP contribution is 2.21. The third-order valence-corrected chi connectivity index (χ3v) is 4.42. The largest absolute Gasteiger partial charge is 0.479 e. The minimum atomic E-state index is -1.75. The van der Waals surface area contributed by atoms with Gasteiger partial charge in [-0.3, -0.25) is 9.59 Å². The van der Waals surface area contributed by atoms with Gasteiger partial charge in [0, 0.05) is 5.56 Å². The fourth-order valence-electron chi connectivity index (χ4n) is 2.50. The van der Waals surface area contributed by atoms with E-state index in [4.69, 9.17) is 0 Å². The molecule has 0 spiro atoms. The van der Waals surface area contributed by atoms with E-state index in [2.05, 4.69) is 10.6 Å². The van der Waals surface area contributed by atoms with Gasteiger partial charge in [-0.25, -0.2) is 9.18 Å². The molecule has 0 fully saturated rings. The molecule has 2 aromatic rings. The van der Waals surface area contributed by atoms with Gasteiger partial charge in [-0.05, 0) is 61.7 Å². The van der Waals surface area contributed by atoms with E-state index in [1.54, 1.807) is 18.2 Å². The molecular formula is C20H21FN2O4. The van der Waals surface area contributed by atoms with E-state index in [-0.39, 0.29) is 5.56 Å². The quantitative estimate of drug-likeness (QED) is 0.725. The van der Waals surface area contributed by atoms with Crippen LogP contribution >= 0.6 is 0 Å². The fourth-order valence-corrected chi connectivity index (χ4v) is 2.50. The first kappa shape index (κ1) is 20.1. The molecule has 0 saturated carbocycles. The molecule has 2 rings (SSSR count). The third-order valence-electron chi connectivity index (χ3n) is 4.42. The smallest absolute Gasteiger partial charge is 0.333 e. The topological polar surface area (TPSA) is 95.5 Å². The van der Waals surface area contributed by atoms with Crippen molar-refractivity contribution >= 4 is 17.8 Å². The van der Waals surface area contributed by atoms with Crippen molar-refractivity contribution in [1.29, 1.82) is 0 Å². The summed E-state index contributed by atoms with van der Waals surface area (Å²) in [5.41, 5.74) is 0.856. The zero-order valence-corrected chi connectivity index (χ0v) is 15.3. The van der Waals surface area contributed by atoms with Gasteiger partial charge in [-0.1, -0.05) is 18.2 Å². The summed E-state index contributed by atoms with van der Waals surface area (Å²) < 4.78 is 13.1. The molecule has 0 aliphatic rings. The molecule has 0 bridgehead atoms. The van der Waals surface area contributed by atoms with Gasteiger partial charge < -0.3 is 15.7 Å². The predicted molar refractivity (Wildman–Crippen MR) is 97.8 cm³/mol. The molecule has 3 N–H and O–H groups in total. The Kier molecular flexibility index (Phi) is 5.95. The van der Waals surface area contributed by atoms with E-state index >= 15 is 0 Å². The molecule has 0 aromatic heterocycles. The van der Waals surface area contributed by atoms with Gasteiger partial charge in [-0.2, -0.15) is 0 Å². The summed E-state index contributed by atoms with van der Waals surface area (Å²) in [7, 11) is 0. The van der Waals surface area contributed by atoms with Crippen LogP contribution in [0.4, 0.5) is 4.39 Å². The van der Waals surface area contributed by atoms with Gasteiger partial charge in [0.1, 0.15) is 5.82 Å². The van der Waals surface area contributed by atoms with Crippen LogP contribution in [0.1, 0.15) is 34.0 Å². The lowest BCUT2D eigenvalue weighted by atomic mass is 9.92. The van der Waals surface area contributed by atoms with Crippen molar-refractivity contribution in [3.8, 4) is 0 Å². The molecule has 1 atom stereocenters. The molecule has 142 valence electrons.